The number of hydrazine groups is 2. The lowest BCUT2D eigenvalue weighted by atomic mass is 10.0. The second kappa shape index (κ2) is 8.81. The van der Waals surface area contributed by atoms with E-state index in [-0.39, 0.29) is 13.0 Å². The number of aliphatic hydroxyl groups is 1. The predicted octanol–water partition coefficient (Wildman–Crippen LogP) is -1.99. The van der Waals surface area contributed by atoms with E-state index in [4.69, 9.17) is 16.4 Å². The van der Waals surface area contributed by atoms with Gasteiger partial charge in [0.1, 0.15) is 5.92 Å². The van der Waals surface area contributed by atoms with Crippen molar-refractivity contribution in [2.45, 2.75) is 26.4 Å². The monoisotopic (exact) mass is 262 g/mol. The summed E-state index contributed by atoms with van der Waals surface area (Å²) in [4.78, 5) is 22.7. The number of carbonyl (C=O) groups is 2. The Balaban J connectivity index is 4.23. The summed E-state index contributed by atoms with van der Waals surface area (Å²) in [7, 11) is 0. The van der Waals surface area contributed by atoms with E-state index >= 15 is 0 Å². The second-order valence-electron chi connectivity index (χ2n) is 4.39. The van der Waals surface area contributed by atoms with Crippen LogP contribution in [0.1, 0.15) is 20.3 Å². The van der Waals surface area contributed by atoms with Crippen LogP contribution in [0.4, 0.5) is 0 Å². The van der Waals surface area contributed by atoms with Gasteiger partial charge in [-0.2, -0.15) is 0 Å². The quantitative estimate of drug-likeness (QED) is 0.148. The first-order valence-electron chi connectivity index (χ1n) is 5.69. The van der Waals surface area contributed by atoms with E-state index in [0.29, 0.717) is 12.5 Å². The molecule has 0 bridgehead atoms. The summed E-state index contributed by atoms with van der Waals surface area (Å²) in [5.74, 6) is 7.68. The molecule has 0 radical (unpaired) electrons. The van der Waals surface area contributed by atoms with Gasteiger partial charge in [0, 0.05) is 6.61 Å². The number of nitrogens with one attached hydrogen (secondary N) is 2. The molecule has 0 aliphatic rings. The molecule has 0 saturated heterocycles. The third-order valence-electron chi connectivity index (χ3n) is 2.19. The van der Waals surface area contributed by atoms with Crippen LogP contribution in [0.5, 0.6) is 0 Å². The summed E-state index contributed by atoms with van der Waals surface area (Å²) < 4.78 is 5.21. The van der Waals surface area contributed by atoms with Crippen LogP contribution in [0.3, 0.4) is 0 Å². The largest absolute Gasteiger partial charge is 0.391 e. The smallest absolute Gasteiger partial charge is 0.246 e. The Morgan fingerprint density at radius 2 is 1.67 bits per heavy atom. The van der Waals surface area contributed by atoms with Crippen LogP contribution in [-0.2, 0) is 14.3 Å². The number of ether oxygens (including phenoxy) is 1. The molecule has 0 aliphatic carbocycles. The average molecular weight is 262 g/mol. The van der Waals surface area contributed by atoms with Crippen LogP contribution in [0.2, 0.25) is 0 Å². The molecule has 8 heteroatoms. The number of aliphatic hydroxyl groups excluding tert-OH is 1. The van der Waals surface area contributed by atoms with Crippen molar-refractivity contribution < 1.29 is 19.4 Å². The molecule has 0 rings (SSSR count). The highest BCUT2D eigenvalue weighted by molar-refractivity contribution is 5.99. The molecule has 2 amide bonds. The standard InChI is InChI=1S/C10H22N4O4/c1-6(2)4-18-5-7(15)3-8(9(16)13-11)10(17)14-12/h6-8,15H,3-5,11-12H2,1-2H3,(H,13,16)(H,14,17)/t7-/m0/s1. The van der Waals surface area contributed by atoms with Crippen LogP contribution in [0.25, 0.3) is 0 Å². The summed E-state index contributed by atoms with van der Waals surface area (Å²) in [5, 5.41) is 9.65. The molecule has 18 heavy (non-hydrogen) atoms. The Hall–Kier alpha value is -1.22. The van der Waals surface area contributed by atoms with Crippen molar-refractivity contribution in [3.8, 4) is 0 Å². The molecule has 0 fully saturated rings. The van der Waals surface area contributed by atoms with Gasteiger partial charge in [0.15, 0.2) is 0 Å². The van der Waals surface area contributed by atoms with Crippen LogP contribution in [-0.4, -0.2) is 36.2 Å². The Labute approximate surface area is 106 Å². The average Bonchev–Trinajstić information content (AvgIpc) is 2.33. The fraction of sp³-hybridized carbons (Fsp3) is 0.800. The predicted molar refractivity (Wildman–Crippen MR) is 64.4 cm³/mol. The molecular weight excluding hydrogens is 240 g/mol. The van der Waals surface area contributed by atoms with Crippen LogP contribution in [0, 0.1) is 11.8 Å². The summed E-state index contributed by atoms with van der Waals surface area (Å²) in [6.45, 7) is 4.48. The zero-order valence-electron chi connectivity index (χ0n) is 10.7. The van der Waals surface area contributed by atoms with Gasteiger partial charge >= 0.3 is 0 Å². The molecule has 0 aromatic rings. The molecule has 0 aromatic heterocycles. The minimum absolute atomic E-state index is 0.0460. The van der Waals surface area contributed by atoms with Crippen molar-refractivity contribution in [2.75, 3.05) is 13.2 Å². The van der Waals surface area contributed by atoms with Gasteiger partial charge in [-0.3, -0.25) is 20.4 Å². The Bertz CT molecular complexity index is 257. The number of carbonyl (C=O) groups excluding carboxylic acids is 2. The highest BCUT2D eigenvalue weighted by atomic mass is 16.5. The fourth-order valence-corrected chi connectivity index (χ4v) is 1.31. The number of amides is 2. The van der Waals surface area contributed by atoms with Crippen molar-refractivity contribution in [3.63, 3.8) is 0 Å². The minimum atomic E-state index is -1.14. The molecule has 7 N–H and O–H groups in total. The van der Waals surface area contributed by atoms with Crippen LogP contribution >= 0.6 is 0 Å². The van der Waals surface area contributed by atoms with Gasteiger partial charge in [-0.1, -0.05) is 13.8 Å². The topological polar surface area (TPSA) is 140 Å². The fourth-order valence-electron chi connectivity index (χ4n) is 1.31. The van der Waals surface area contributed by atoms with Crippen molar-refractivity contribution >= 4 is 11.8 Å². The molecule has 0 spiro atoms. The first-order valence-corrected chi connectivity index (χ1v) is 5.69. The summed E-state index contributed by atoms with van der Waals surface area (Å²) >= 11 is 0. The van der Waals surface area contributed by atoms with E-state index in [1.807, 2.05) is 24.7 Å². The zero-order chi connectivity index (χ0) is 14.1. The number of rotatable bonds is 8. The van der Waals surface area contributed by atoms with Crippen LogP contribution in [0.15, 0.2) is 0 Å². The molecule has 1 atom stereocenters. The van der Waals surface area contributed by atoms with E-state index in [1.54, 1.807) is 0 Å². The van der Waals surface area contributed by atoms with Gasteiger partial charge < -0.3 is 9.84 Å². The highest BCUT2D eigenvalue weighted by Gasteiger charge is 2.28. The Kier molecular flexibility index (Phi) is 8.21. The SMILES string of the molecule is CC(C)COC[C@@H](O)CC(C(=O)NN)C(=O)NN. The maximum absolute atomic E-state index is 11.3. The zero-order valence-corrected chi connectivity index (χ0v) is 10.7. The third-order valence-corrected chi connectivity index (χ3v) is 2.19. The van der Waals surface area contributed by atoms with E-state index in [9.17, 15) is 14.7 Å². The Morgan fingerprint density at radius 3 is 2.06 bits per heavy atom. The number of nitrogens with two attached hydrogens (primary N) is 2. The molecule has 0 aromatic carbocycles. The lowest BCUT2D eigenvalue weighted by molar-refractivity contribution is -0.137. The second-order valence-corrected chi connectivity index (χ2v) is 4.39. The minimum Gasteiger partial charge on any atom is -0.391 e. The Morgan fingerprint density at radius 1 is 1.17 bits per heavy atom. The van der Waals surface area contributed by atoms with Gasteiger partial charge in [-0.25, -0.2) is 11.7 Å². The molecular formula is C10H22N4O4. The van der Waals surface area contributed by atoms with Gasteiger partial charge in [0.25, 0.3) is 0 Å². The van der Waals surface area contributed by atoms with Crippen molar-refractivity contribution in [1.82, 2.24) is 10.9 Å². The van der Waals surface area contributed by atoms with Gasteiger partial charge in [-0.05, 0) is 12.3 Å². The highest BCUT2D eigenvalue weighted by Crippen LogP contribution is 2.08. The number of hydrogen-bond acceptors (Lipinski definition) is 6. The molecule has 106 valence electrons. The van der Waals surface area contributed by atoms with Gasteiger partial charge in [0.05, 0.1) is 12.7 Å². The molecule has 8 nitrogen and oxygen atoms in total. The lowest BCUT2D eigenvalue weighted by Crippen LogP contribution is -2.47. The summed E-state index contributed by atoms with van der Waals surface area (Å²) in [6.07, 6.45) is -1.05. The summed E-state index contributed by atoms with van der Waals surface area (Å²) in [5.41, 5.74) is 3.71. The summed E-state index contributed by atoms with van der Waals surface area (Å²) in [6, 6.07) is 0. The van der Waals surface area contributed by atoms with E-state index in [1.165, 1.54) is 0 Å². The van der Waals surface area contributed by atoms with Gasteiger partial charge in [-0.15, -0.1) is 0 Å². The first-order chi connectivity index (χ1) is 8.42. The normalized spacial score (nSPS) is 12.6. The first kappa shape index (κ1) is 16.8. The third kappa shape index (κ3) is 6.50. The molecule has 0 unspecified atom stereocenters. The van der Waals surface area contributed by atoms with E-state index in [2.05, 4.69) is 0 Å². The van der Waals surface area contributed by atoms with Crippen molar-refractivity contribution in [2.24, 2.45) is 23.5 Å². The number of hydrogen-bond donors (Lipinski definition) is 5. The van der Waals surface area contributed by atoms with E-state index < -0.39 is 23.8 Å². The maximum atomic E-state index is 11.3. The molecule has 0 heterocycles. The molecule has 0 saturated carbocycles. The lowest BCUT2D eigenvalue weighted by Gasteiger charge is -2.18. The van der Waals surface area contributed by atoms with Crippen LogP contribution < -0.4 is 22.5 Å². The van der Waals surface area contributed by atoms with Crippen molar-refractivity contribution in [3.05, 3.63) is 0 Å². The van der Waals surface area contributed by atoms with Crippen molar-refractivity contribution in [1.29, 1.82) is 0 Å². The maximum Gasteiger partial charge on any atom is 0.246 e. The van der Waals surface area contributed by atoms with E-state index in [0.717, 1.165) is 0 Å². The van der Waals surface area contributed by atoms with Gasteiger partial charge in [0.2, 0.25) is 11.8 Å². The molecule has 0 aliphatic heterocycles.